The summed E-state index contributed by atoms with van der Waals surface area (Å²) >= 11 is 5.64. The Morgan fingerprint density at radius 2 is 2.00 bits per heavy atom. The highest BCUT2D eigenvalue weighted by Crippen LogP contribution is 2.28. The monoisotopic (exact) mass is 225 g/mol. The quantitative estimate of drug-likeness (QED) is 0.718. The number of sulfonamides is 1. The van der Waals surface area contributed by atoms with Gasteiger partial charge >= 0.3 is 0 Å². The van der Waals surface area contributed by atoms with Gasteiger partial charge in [-0.15, -0.1) is 11.6 Å². The lowest BCUT2D eigenvalue weighted by molar-refractivity contribution is 0.480. The minimum Gasteiger partial charge on any atom is -0.212 e. The second-order valence-corrected chi connectivity index (χ2v) is 6.08. The molecular weight excluding hydrogens is 210 g/mol. The van der Waals surface area contributed by atoms with Gasteiger partial charge in [0.15, 0.2) is 0 Å². The maximum absolute atomic E-state index is 11.5. The van der Waals surface area contributed by atoms with Crippen LogP contribution < -0.4 is 4.72 Å². The van der Waals surface area contributed by atoms with Crippen LogP contribution in [0.25, 0.3) is 0 Å². The van der Waals surface area contributed by atoms with E-state index in [4.69, 9.17) is 11.6 Å². The van der Waals surface area contributed by atoms with E-state index in [1.807, 2.05) is 13.8 Å². The fraction of sp³-hybridized carbons (Fsp3) is 1.00. The van der Waals surface area contributed by atoms with Gasteiger partial charge in [-0.3, -0.25) is 0 Å². The SMILES string of the molecule is CC(CCl)C(C)NS(=O)(=O)C1CC1. The summed E-state index contributed by atoms with van der Waals surface area (Å²) in [7, 11) is -3.05. The van der Waals surface area contributed by atoms with Crippen LogP contribution >= 0.6 is 11.6 Å². The largest absolute Gasteiger partial charge is 0.214 e. The highest BCUT2D eigenvalue weighted by atomic mass is 35.5. The van der Waals surface area contributed by atoms with Crippen molar-refractivity contribution in [2.75, 3.05) is 5.88 Å². The first-order chi connectivity index (χ1) is 5.97. The van der Waals surface area contributed by atoms with Crippen molar-refractivity contribution in [2.45, 2.75) is 38.0 Å². The molecule has 3 nitrogen and oxygen atoms in total. The minimum atomic E-state index is -3.05. The molecule has 0 heterocycles. The Hall–Kier alpha value is 0.200. The molecule has 0 bridgehead atoms. The highest BCUT2D eigenvalue weighted by Gasteiger charge is 2.36. The molecule has 1 aliphatic rings. The number of rotatable bonds is 5. The molecule has 0 spiro atoms. The lowest BCUT2D eigenvalue weighted by Gasteiger charge is -2.18. The molecule has 1 N–H and O–H groups in total. The van der Waals surface area contributed by atoms with E-state index < -0.39 is 10.0 Å². The summed E-state index contributed by atoms with van der Waals surface area (Å²) in [6, 6.07) is -0.0666. The summed E-state index contributed by atoms with van der Waals surface area (Å²) < 4.78 is 25.6. The van der Waals surface area contributed by atoms with Gasteiger partial charge in [0.05, 0.1) is 5.25 Å². The van der Waals surface area contributed by atoms with Crippen molar-refractivity contribution in [1.29, 1.82) is 0 Å². The summed E-state index contributed by atoms with van der Waals surface area (Å²) in [4.78, 5) is 0. The normalized spacial score (nSPS) is 22.7. The molecule has 0 aromatic carbocycles. The predicted molar refractivity (Wildman–Crippen MR) is 54.4 cm³/mol. The molecule has 0 aromatic rings. The van der Waals surface area contributed by atoms with E-state index in [1.165, 1.54) is 0 Å². The Labute approximate surface area is 84.9 Å². The van der Waals surface area contributed by atoms with Crippen LogP contribution in [0, 0.1) is 5.92 Å². The average molecular weight is 226 g/mol. The Morgan fingerprint density at radius 1 is 1.46 bits per heavy atom. The van der Waals surface area contributed by atoms with E-state index >= 15 is 0 Å². The van der Waals surface area contributed by atoms with E-state index in [2.05, 4.69) is 4.72 Å². The molecule has 1 rings (SSSR count). The summed E-state index contributed by atoms with van der Waals surface area (Å²) in [5, 5.41) is -0.141. The van der Waals surface area contributed by atoms with Crippen LogP contribution in [0.1, 0.15) is 26.7 Å². The molecule has 0 saturated heterocycles. The number of hydrogen-bond acceptors (Lipinski definition) is 2. The molecular formula is C8H16ClNO2S. The Balaban J connectivity index is 2.47. The summed E-state index contributed by atoms with van der Waals surface area (Å²) in [5.41, 5.74) is 0. The number of hydrogen-bond donors (Lipinski definition) is 1. The maximum Gasteiger partial charge on any atom is 0.214 e. The van der Waals surface area contributed by atoms with E-state index in [0.717, 1.165) is 12.8 Å². The molecule has 0 radical (unpaired) electrons. The smallest absolute Gasteiger partial charge is 0.212 e. The van der Waals surface area contributed by atoms with Crippen molar-refractivity contribution in [3.63, 3.8) is 0 Å². The van der Waals surface area contributed by atoms with Crippen LogP contribution in [0.2, 0.25) is 0 Å². The van der Waals surface area contributed by atoms with Crippen LogP contribution in [-0.4, -0.2) is 25.6 Å². The van der Waals surface area contributed by atoms with Gasteiger partial charge in [-0.25, -0.2) is 13.1 Å². The molecule has 78 valence electrons. The number of nitrogens with one attached hydrogen (secondary N) is 1. The zero-order chi connectivity index (χ0) is 10.1. The topological polar surface area (TPSA) is 46.2 Å². The van der Waals surface area contributed by atoms with Crippen LogP contribution in [0.3, 0.4) is 0 Å². The van der Waals surface area contributed by atoms with Crippen LogP contribution in [0.15, 0.2) is 0 Å². The van der Waals surface area contributed by atoms with Gasteiger partial charge in [-0.05, 0) is 25.7 Å². The first-order valence-corrected chi connectivity index (χ1v) is 6.62. The van der Waals surface area contributed by atoms with E-state index in [-0.39, 0.29) is 17.2 Å². The lowest BCUT2D eigenvalue weighted by Crippen LogP contribution is -2.39. The second kappa shape index (κ2) is 4.15. The third-order valence-corrected chi connectivity index (χ3v) is 4.95. The van der Waals surface area contributed by atoms with E-state index in [9.17, 15) is 8.42 Å². The Kier molecular flexibility index (Phi) is 3.60. The van der Waals surface area contributed by atoms with Gasteiger partial charge in [-0.2, -0.15) is 0 Å². The fourth-order valence-corrected chi connectivity index (χ4v) is 2.95. The second-order valence-electron chi connectivity index (χ2n) is 3.78. The van der Waals surface area contributed by atoms with Gasteiger partial charge in [0.1, 0.15) is 0 Å². The molecule has 1 aliphatic carbocycles. The van der Waals surface area contributed by atoms with Crippen LogP contribution in [0.5, 0.6) is 0 Å². The van der Waals surface area contributed by atoms with Crippen LogP contribution in [0.4, 0.5) is 0 Å². The standard InChI is InChI=1S/C8H16ClNO2S/c1-6(5-9)7(2)10-13(11,12)8-3-4-8/h6-8,10H,3-5H2,1-2H3. The first-order valence-electron chi connectivity index (χ1n) is 4.54. The van der Waals surface area contributed by atoms with Crippen molar-refractivity contribution >= 4 is 21.6 Å². The van der Waals surface area contributed by atoms with Gasteiger partial charge in [0.25, 0.3) is 0 Å². The van der Waals surface area contributed by atoms with Gasteiger partial charge < -0.3 is 0 Å². The van der Waals surface area contributed by atoms with Gasteiger partial charge in [-0.1, -0.05) is 6.92 Å². The van der Waals surface area contributed by atoms with Crippen molar-refractivity contribution in [1.82, 2.24) is 4.72 Å². The molecule has 0 aliphatic heterocycles. The van der Waals surface area contributed by atoms with Crippen molar-refractivity contribution < 1.29 is 8.42 Å². The number of alkyl halides is 1. The third kappa shape index (κ3) is 3.11. The summed E-state index contributed by atoms with van der Waals surface area (Å²) in [6.45, 7) is 3.79. The predicted octanol–water partition coefficient (Wildman–Crippen LogP) is 1.33. The average Bonchev–Trinajstić information content (AvgIpc) is 2.84. The maximum atomic E-state index is 11.5. The van der Waals surface area contributed by atoms with Crippen molar-refractivity contribution in [3.8, 4) is 0 Å². The first kappa shape index (κ1) is 11.3. The molecule has 1 saturated carbocycles. The van der Waals surface area contributed by atoms with E-state index in [0.29, 0.717) is 5.88 Å². The molecule has 0 amide bonds. The van der Waals surface area contributed by atoms with E-state index in [1.54, 1.807) is 0 Å². The zero-order valence-corrected chi connectivity index (χ0v) is 9.53. The van der Waals surface area contributed by atoms with Crippen LogP contribution in [-0.2, 0) is 10.0 Å². The van der Waals surface area contributed by atoms with Gasteiger partial charge in [0, 0.05) is 11.9 Å². The molecule has 0 aromatic heterocycles. The Bertz CT molecular complexity index is 261. The zero-order valence-electron chi connectivity index (χ0n) is 7.96. The minimum absolute atomic E-state index is 0.0666. The highest BCUT2D eigenvalue weighted by molar-refractivity contribution is 7.90. The number of halogens is 1. The molecule has 5 heteroatoms. The lowest BCUT2D eigenvalue weighted by atomic mass is 10.1. The summed E-state index contributed by atoms with van der Waals surface area (Å²) in [6.07, 6.45) is 1.61. The molecule has 2 unspecified atom stereocenters. The van der Waals surface area contributed by atoms with Gasteiger partial charge in [0.2, 0.25) is 10.0 Å². The van der Waals surface area contributed by atoms with Crippen molar-refractivity contribution in [3.05, 3.63) is 0 Å². The Morgan fingerprint density at radius 3 is 2.38 bits per heavy atom. The summed E-state index contributed by atoms with van der Waals surface area (Å²) in [5.74, 6) is 0.657. The third-order valence-electron chi connectivity index (χ3n) is 2.41. The fourth-order valence-electron chi connectivity index (χ4n) is 0.983. The van der Waals surface area contributed by atoms with Crippen molar-refractivity contribution in [2.24, 2.45) is 5.92 Å². The molecule has 1 fully saturated rings. The molecule has 13 heavy (non-hydrogen) atoms. The molecule has 2 atom stereocenters.